The maximum atomic E-state index is 12.1. The van der Waals surface area contributed by atoms with Crippen molar-refractivity contribution in [2.75, 3.05) is 32.0 Å². The normalized spacial score (nSPS) is 27.6. The maximum absolute atomic E-state index is 12.1. The van der Waals surface area contributed by atoms with Crippen LogP contribution in [-0.4, -0.2) is 61.9 Å². The van der Waals surface area contributed by atoms with Crippen molar-refractivity contribution in [3.63, 3.8) is 0 Å². The van der Waals surface area contributed by atoms with E-state index in [4.69, 9.17) is 10.5 Å². The van der Waals surface area contributed by atoms with E-state index in [1.807, 2.05) is 0 Å². The molecule has 3 heterocycles. The first-order valence-corrected chi connectivity index (χ1v) is 8.19. The number of H-pyrrole nitrogens is 1. The minimum absolute atomic E-state index is 0.0210. The van der Waals surface area contributed by atoms with E-state index in [-0.39, 0.29) is 23.4 Å². The van der Waals surface area contributed by atoms with Crippen LogP contribution in [0.4, 0.5) is 5.82 Å². The molecule has 4 N–H and O–H groups in total. The highest BCUT2D eigenvalue weighted by Gasteiger charge is 2.32. The quantitative estimate of drug-likeness (QED) is 0.666. The Morgan fingerprint density at radius 1 is 1.60 bits per heavy atom. The Bertz CT molecular complexity index is 572. The molecule has 2 aliphatic heterocycles. The first-order valence-electron chi connectivity index (χ1n) is 6.70. The van der Waals surface area contributed by atoms with Gasteiger partial charge < -0.3 is 10.5 Å². The van der Waals surface area contributed by atoms with E-state index in [1.165, 1.54) is 19.0 Å². The molecule has 0 spiro atoms. The van der Waals surface area contributed by atoms with Gasteiger partial charge in [-0.05, 0) is 19.4 Å². The standard InChI is InChI=1S/C11H19N5O3S/c12-11-10(5-13-15-11)20(17,18)14-4-9-6-16-3-1-2-8(16)7-19-9/h5,8-9,14H,1-4,6-7H2,(H3,12,13,15). The molecule has 20 heavy (non-hydrogen) atoms. The first kappa shape index (κ1) is 13.8. The molecule has 3 rings (SSSR count). The number of nitrogens with two attached hydrogens (primary N) is 1. The Balaban J connectivity index is 1.58. The minimum Gasteiger partial charge on any atom is -0.383 e. The summed E-state index contributed by atoms with van der Waals surface area (Å²) in [5.41, 5.74) is 5.53. The SMILES string of the molecule is Nc1[nH]ncc1S(=O)(=O)NCC1CN2CCCC2CO1. The number of nitrogens with one attached hydrogen (secondary N) is 2. The zero-order valence-electron chi connectivity index (χ0n) is 11.1. The average Bonchev–Trinajstić information content (AvgIpc) is 3.04. The number of nitrogen functional groups attached to an aromatic ring is 1. The third-order valence-electron chi connectivity index (χ3n) is 3.88. The van der Waals surface area contributed by atoms with Crippen LogP contribution in [0.5, 0.6) is 0 Å². The van der Waals surface area contributed by atoms with Crippen molar-refractivity contribution in [2.24, 2.45) is 0 Å². The van der Waals surface area contributed by atoms with Crippen LogP contribution in [0.1, 0.15) is 12.8 Å². The molecule has 8 nitrogen and oxygen atoms in total. The summed E-state index contributed by atoms with van der Waals surface area (Å²) in [4.78, 5) is 2.35. The number of rotatable bonds is 4. The van der Waals surface area contributed by atoms with Gasteiger partial charge in [0.15, 0.2) is 0 Å². The van der Waals surface area contributed by atoms with Gasteiger partial charge in [-0.1, -0.05) is 0 Å². The van der Waals surface area contributed by atoms with Gasteiger partial charge in [0, 0.05) is 19.1 Å². The van der Waals surface area contributed by atoms with Gasteiger partial charge in [-0.15, -0.1) is 0 Å². The highest BCUT2D eigenvalue weighted by atomic mass is 32.2. The molecule has 0 bridgehead atoms. The monoisotopic (exact) mass is 301 g/mol. The number of ether oxygens (including phenoxy) is 1. The van der Waals surface area contributed by atoms with Gasteiger partial charge in [0.25, 0.3) is 0 Å². The zero-order valence-corrected chi connectivity index (χ0v) is 11.9. The van der Waals surface area contributed by atoms with Crippen LogP contribution in [0.3, 0.4) is 0 Å². The van der Waals surface area contributed by atoms with Crippen molar-refractivity contribution in [1.29, 1.82) is 0 Å². The number of hydrogen-bond acceptors (Lipinski definition) is 6. The number of sulfonamides is 1. The third kappa shape index (κ3) is 2.66. The number of aromatic amines is 1. The van der Waals surface area contributed by atoms with E-state index in [0.717, 1.165) is 13.1 Å². The lowest BCUT2D eigenvalue weighted by molar-refractivity contribution is -0.0449. The van der Waals surface area contributed by atoms with Crippen LogP contribution >= 0.6 is 0 Å². The number of morpholine rings is 1. The fourth-order valence-electron chi connectivity index (χ4n) is 2.79. The predicted molar refractivity (Wildman–Crippen MR) is 72.5 cm³/mol. The molecule has 2 saturated heterocycles. The fraction of sp³-hybridized carbons (Fsp3) is 0.727. The highest BCUT2D eigenvalue weighted by molar-refractivity contribution is 7.89. The van der Waals surface area contributed by atoms with Gasteiger partial charge in [-0.2, -0.15) is 5.10 Å². The summed E-state index contributed by atoms with van der Waals surface area (Å²) in [6.45, 7) is 2.77. The highest BCUT2D eigenvalue weighted by Crippen LogP contribution is 2.22. The van der Waals surface area contributed by atoms with Gasteiger partial charge in [-0.3, -0.25) is 10.00 Å². The summed E-state index contributed by atoms with van der Waals surface area (Å²) < 4.78 is 32.4. The molecule has 1 aromatic rings. The lowest BCUT2D eigenvalue weighted by atomic mass is 10.2. The topological polar surface area (TPSA) is 113 Å². The van der Waals surface area contributed by atoms with Gasteiger partial charge in [0.2, 0.25) is 10.0 Å². The summed E-state index contributed by atoms with van der Waals surface area (Å²) in [7, 11) is -3.64. The fourth-order valence-corrected chi connectivity index (χ4v) is 3.88. The number of fused-ring (bicyclic) bond motifs is 1. The second-order valence-electron chi connectivity index (χ2n) is 5.25. The van der Waals surface area contributed by atoms with Gasteiger partial charge in [0.05, 0.1) is 18.9 Å². The Hall–Kier alpha value is -1.16. The molecule has 0 radical (unpaired) electrons. The molecule has 0 amide bonds. The predicted octanol–water partition coefficient (Wildman–Crippen LogP) is -0.867. The van der Waals surface area contributed by atoms with Crippen LogP contribution < -0.4 is 10.5 Å². The molecule has 2 unspecified atom stereocenters. The summed E-state index contributed by atoms with van der Waals surface area (Å²) in [5.74, 6) is 0.0432. The van der Waals surface area contributed by atoms with Gasteiger partial charge in [0.1, 0.15) is 10.7 Å². The third-order valence-corrected chi connectivity index (χ3v) is 5.34. The number of hydrogen-bond donors (Lipinski definition) is 3. The zero-order chi connectivity index (χ0) is 14.2. The molecule has 9 heteroatoms. The number of nitrogens with zero attached hydrogens (tertiary/aromatic N) is 2. The number of anilines is 1. The van der Waals surface area contributed by atoms with Crippen molar-refractivity contribution in [2.45, 2.75) is 29.9 Å². The van der Waals surface area contributed by atoms with E-state index in [2.05, 4.69) is 19.8 Å². The van der Waals surface area contributed by atoms with Crippen LogP contribution in [0.15, 0.2) is 11.1 Å². The van der Waals surface area contributed by atoms with E-state index < -0.39 is 10.0 Å². The van der Waals surface area contributed by atoms with E-state index in [1.54, 1.807) is 0 Å². The molecule has 2 fully saturated rings. The Morgan fingerprint density at radius 2 is 2.45 bits per heavy atom. The molecule has 112 valence electrons. The summed E-state index contributed by atoms with van der Waals surface area (Å²) in [6.07, 6.45) is 3.45. The molecule has 0 aromatic carbocycles. The number of aromatic nitrogens is 2. The molecule has 2 atom stereocenters. The Labute approximate surface area is 117 Å². The van der Waals surface area contributed by atoms with Crippen molar-refractivity contribution in [3.8, 4) is 0 Å². The van der Waals surface area contributed by atoms with E-state index in [0.29, 0.717) is 12.6 Å². The second-order valence-corrected chi connectivity index (χ2v) is 6.98. The molecule has 2 aliphatic rings. The lowest BCUT2D eigenvalue weighted by Crippen LogP contribution is -2.50. The summed E-state index contributed by atoms with van der Waals surface area (Å²) in [5, 5.41) is 6.03. The average molecular weight is 301 g/mol. The van der Waals surface area contributed by atoms with Crippen LogP contribution in [-0.2, 0) is 14.8 Å². The largest absolute Gasteiger partial charge is 0.383 e. The van der Waals surface area contributed by atoms with E-state index >= 15 is 0 Å². The molecule has 0 aliphatic carbocycles. The smallest absolute Gasteiger partial charge is 0.245 e. The second kappa shape index (κ2) is 5.32. The lowest BCUT2D eigenvalue weighted by Gasteiger charge is -2.35. The summed E-state index contributed by atoms with van der Waals surface area (Å²) in [6, 6.07) is 0.507. The first-order chi connectivity index (χ1) is 9.56. The molecular formula is C11H19N5O3S. The van der Waals surface area contributed by atoms with Crippen molar-refractivity contribution in [1.82, 2.24) is 19.8 Å². The van der Waals surface area contributed by atoms with E-state index in [9.17, 15) is 8.42 Å². The Morgan fingerprint density at radius 3 is 3.20 bits per heavy atom. The summed E-state index contributed by atoms with van der Waals surface area (Å²) >= 11 is 0. The van der Waals surface area contributed by atoms with Crippen molar-refractivity contribution >= 4 is 15.8 Å². The van der Waals surface area contributed by atoms with Crippen LogP contribution in [0.25, 0.3) is 0 Å². The Kier molecular flexibility index (Phi) is 3.67. The van der Waals surface area contributed by atoms with Crippen LogP contribution in [0.2, 0.25) is 0 Å². The molecule has 1 aromatic heterocycles. The maximum Gasteiger partial charge on any atom is 0.245 e. The van der Waals surface area contributed by atoms with Crippen LogP contribution in [0, 0.1) is 0 Å². The van der Waals surface area contributed by atoms with Gasteiger partial charge >= 0.3 is 0 Å². The molecular weight excluding hydrogens is 282 g/mol. The van der Waals surface area contributed by atoms with Crippen molar-refractivity contribution < 1.29 is 13.2 Å². The van der Waals surface area contributed by atoms with Crippen molar-refractivity contribution in [3.05, 3.63) is 6.20 Å². The molecule has 0 saturated carbocycles. The van der Waals surface area contributed by atoms with Gasteiger partial charge in [-0.25, -0.2) is 13.1 Å². The minimum atomic E-state index is -3.64.